The Morgan fingerprint density at radius 3 is 2.61 bits per heavy atom. The standard InChI is InChI=1S/C19H17N3O4S2/c1-11-2-4-12(5-3-11)18-21-13(10-28-18)8-16(24)26-9-15(23)22-19-14(17(20)25)6-7-27-19/h2-7,10H,8-9H2,1H3,(H2,20,25)(H,22,23). The molecule has 2 amide bonds. The molecule has 0 fully saturated rings. The van der Waals surface area contributed by atoms with Crippen LogP contribution in [0.1, 0.15) is 21.6 Å². The van der Waals surface area contributed by atoms with E-state index in [4.69, 9.17) is 10.5 Å². The summed E-state index contributed by atoms with van der Waals surface area (Å²) >= 11 is 2.60. The summed E-state index contributed by atoms with van der Waals surface area (Å²) in [7, 11) is 0. The van der Waals surface area contributed by atoms with Crippen LogP contribution in [0.5, 0.6) is 0 Å². The fourth-order valence-corrected chi connectivity index (χ4v) is 3.96. The van der Waals surface area contributed by atoms with E-state index >= 15 is 0 Å². The number of carbonyl (C=O) groups excluding carboxylic acids is 3. The van der Waals surface area contributed by atoms with Crippen LogP contribution in [0, 0.1) is 6.92 Å². The van der Waals surface area contributed by atoms with Crippen LogP contribution in [0.15, 0.2) is 41.1 Å². The summed E-state index contributed by atoms with van der Waals surface area (Å²) < 4.78 is 4.99. The summed E-state index contributed by atoms with van der Waals surface area (Å²) in [6.45, 7) is 1.56. The van der Waals surface area contributed by atoms with E-state index in [1.165, 1.54) is 17.4 Å². The smallest absolute Gasteiger partial charge is 0.312 e. The Kier molecular flexibility index (Phi) is 6.17. The van der Waals surface area contributed by atoms with Crippen molar-refractivity contribution in [3.05, 3.63) is 57.9 Å². The SMILES string of the molecule is Cc1ccc(-c2nc(CC(=O)OCC(=O)Nc3sccc3C(N)=O)cs2)cc1. The number of carbonyl (C=O) groups is 3. The van der Waals surface area contributed by atoms with Crippen molar-refractivity contribution in [2.24, 2.45) is 5.73 Å². The average Bonchev–Trinajstić information content (AvgIpc) is 3.30. The molecule has 3 rings (SSSR count). The van der Waals surface area contributed by atoms with Crippen molar-refractivity contribution in [2.75, 3.05) is 11.9 Å². The zero-order valence-corrected chi connectivity index (χ0v) is 16.6. The van der Waals surface area contributed by atoms with E-state index in [0.717, 1.165) is 27.5 Å². The maximum absolute atomic E-state index is 12.0. The highest BCUT2D eigenvalue weighted by molar-refractivity contribution is 7.14. The minimum Gasteiger partial charge on any atom is -0.455 e. The molecule has 0 spiro atoms. The zero-order valence-electron chi connectivity index (χ0n) is 14.9. The lowest BCUT2D eigenvalue weighted by molar-refractivity contribution is -0.146. The number of esters is 1. The molecule has 3 N–H and O–H groups in total. The first-order valence-electron chi connectivity index (χ1n) is 8.26. The van der Waals surface area contributed by atoms with Gasteiger partial charge in [-0.25, -0.2) is 4.98 Å². The highest BCUT2D eigenvalue weighted by atomic mass is 32.1. The van der Waals surface area contributed by atoms with Gasteiger partial charge >= 0.3 is 5.97 Å². The van der Waals surface area contributed by atoms with E-state index in [9.17, 15) is 14.4 Å². The summed E-state index contributed by atoms with van der Waals surface area (Å²) in [5, 5.41) is 7.08. The summed E-state index contributed by atoms with van der Waals surface area (Å²) in [6.07, 6.45) is -0.0266. The molecule has 0 aliphatic rings. The van der Waals surface area contributed by atoms with Crippen molar-refractivity contribution in [1.29, 1.82) is 0 Å². The number of amides is 2. The summed E-state index contributed by atoms with van der Waals surface area (Å²) in [4.78, 5) is 39.6. The van der Waals surface area contributed by atoms with Crippen LogP contribution >= 0.6 is 22.7 Å². The predicted molar refractivity (Wildman–Crippen MR) is 108 cm³/mol. The first kappa shape index (κ1) is 19.7. The molecular formula is C19H17N3O4S2. The Bertz CT molecular complexity index is 1010. The normalized spacial score (nSPS) is 10.5. The molecule has 0 radical (unpaired) electrons. The monoisotopic (exact) mass is 415 g/mol. The van der Waals surface area contributed by atoms with E-state index in [2.05, 4.69) is 10.3 Å². The lowest BCUT2D eigenvalue weighted by Crippen LogP contribution is -2.22. The molecule has 0 aliphatic carbocycles. The quantitative estimate of drug-likeness (QED) is 0.576. The first-order chi connectivity index (χ1) is 13.4. The van der Waals surface area contributed by atoms with Crippen LogP contribution in [-0.4, -0.2) is 29.4 Å². The number of rotatable bonds is 7. The number of thiazole rings is 1. The molecule has 0 aliphatic heterocycles. The third-order valence-corrected chi connectivity index (χ3v) is 5.49. The number of aromatic nitrogens is 1. The number of anilines is 1. The minimum absolute atomic E-state index is 0.0266. The number of hydrogen-bond donors (Lipinski definition) is 2. The maximum atomic E-state index is 12.0. The molecule has 144 valence electrons. The Labute approximate surface area is 169 Å². The Balaban J connectivity index is 1.50. The van der Waals surface area contributed by atoms with Gasteiger partial charge in [-0.2, -0.15) is 0 Å². The van der Waals surface area contributed by atoms with E-state index < -0.39 is 24.4 Å². The Morgan fingerprint density at radius 1 is 1.14 bits per heavy atom. The second-order valence-electron chi connectivity index (χ2n) is 5.92. The molecule has 0 saturated heterocycles. The van der Waals surface area contributed by atoms with E-state index in [0.29, 0.717) is 10.7 Å². The summed E-state index contributed by atoms with van der Waals surface area (Å²) in [6, 6.07) is 9.47. The van der Waals surface area contributed by atoms with E-state index in [-0.39, 0.29) is 12.0 Å². The molecule has 2 aromatic heterocycles. The van der Waals surface area contributed by atoms with Crippen LogP contribution in [0.3, 0.4) is 0 Å². The molecule has 0 unspecified atom stereocenters. The van der Waals surface area contributed by atoms with Gasteiger partial charge in [0.25, 0.3) is 11.8 Å². The molecule has 0 saturated carbocycles. The van der Waals surface area contributed by atoms with Crippen molar-refractivity contribution >= 4 is 45.5 Å². The van der Waals surface area contributed by atoms with Gasteiger partial charge in [0, 0.05) is 10.9 Å². The van der Waals surface area contributed by atoms with Crippen molar-refractivity contribution in [3.8, 4) is 10.6 Å². The number of thiophene rings is 1. The lowest BCUT2D eigenvalue weighted by atomic mass is 10.2. The van der Waals surface area contributed by atoms with Crippen LogP contribution in [0.2, 0.25) is 0 Å². The van der Waals surface area contributed by atoms with E-state index in [1.807, 2.05) is 31.2 Å². The molecule has 2 heterocycles. The van der Waals surface area contributed by atoms with Gasteiger partial charge in [0.2, 0.25) is 0 Å². The molecule has 7 nitrogen and oxygen atoms in total. The number of nitrogens with two attached hydrogens (primary N) is 1. The average molecular weight is 415 g/mol. The van der Waals surface area contributed by atoms with E-state index in [1.54, 1.807) is 10.8 Å². The molecule has 0 bridgehead atoms. The van der Waals surface area contributed by atoms with Gasteiger partial charge in [0.1, 0.15) is 10.0 Å². The van der Waals surface area contributed by atoms with Crippen molar-refractivity contribution in [3.63, 3.8) is 0 Å². The topological polar surface area (TPSA) is 111 Å². The highest BCUT2D eigenvalue weighted by Crippen LogP contribution is 2.24. The Hall–Kier alpha value is -3.04. The predicted octanol–water partition coefficient (Wildman–Crippen LogP) is 3.00. The molecular weight excluding hydrogens is 398 g/mol. The van der Waals surface area contributed by atoms with Crippen LogP contribution in [0.25, 0.3) is 10.6 Å². The molecule has 0 atom stereocenters. The van der Waals surface area contributed by atoms with Crippen molar-refractivity contribution in [1.82, 2.24) is 4.98 Å². The summed E-state index contributed by atoms with van der Waals surface area (Å²) in [5.74, 6) is -1.74. The molecule has 1 aromatic carbocycles. The number of ether oxygens (including phenoxy) is 1. The van der Waals surface area contributed by atoms with Gasteiger partial charge < -0.3 is 15.8 Å². The second kappa shape index (κ2) is 8.77. The van der Waals surface area contributed by atoms with Crippen molar-refractivity contribution < 1.29 is 19.1 Å². The molecule has 28 heavy (non-hydrogen) atoms. The first-order valence-corrected chi connectivity index (χ1v) is 10.0. The van der Waals surface area contributed by atoms with Gasteiger partial charge in [0.05, 0.1) is 17.7 Å². The number of nitrogens with zero attached hydrogens (tertiary/aromatic N) is 1. The largest absolute Gasteiger partial charge is 0.455 e. The van der Waals surface area contributed by atoms with Crippen LogP contribution in [0.4, 0.5) is 5.00 Å². The second-order valence-corrected chi connectivity index (χ2v) is 7.70. The van der Waals surface area contributed by atoms with Crippen LogP contribution in [-0.2, 0) is 20.7 Å². The Morgan fingerprint density at radius 2 is 1.89 bits per heavy atom. The van der Waals surface area contributed by atoms with Crippen LogP contribution < -0.4 is 11.1 Å². The fraction of sp³-hybridized carbons (Fsp3) is 0.158. The van der Waals surface area contributed by atoms with Gasteiger partial charge in [-0.3, -0.25) is 14.4 Å². The third-order valence-electron chi connectivity index (χ3n) is 3.72. The van der Waals surface area contributed by atoms with Gasteiger partial charge in [-0.1, -0.05) is 29.8 Å². The minimum atomic E-state index is -0.638. The highest BCUT2D eigenvalue weighted by Gasteiger charge is 2.15. The number of nitrogens with one attached hydrogen (secondary N) is 1. The van der Waals surface area contributed by atoms with Gasteiger partial charge in [-0.15, -0.1) is 22.7 Å². The number of primary amides is 1. The number of benzene rings is 1. The van der Waals surface area contributed by atoms with Gasteiger partial charge in [-0.05, 0) is 18.4 Å². The van der Waals surface area contributed by atoms with Gasteiger partial charge in [0.15, 0.2) is 6.61 Å². The number of hydrogen-bond acceptors (Lipinski definition) is 7. The third kappa shape index (κ3) is 5.02. The van der Waals surface area contributed by atoms with Crippen molar-refractivity contribution in [2.45, 2.75) is 13.3 Å². The zero-order chi connectivity index (χ0) is 20.1. The maximum Gasteiger partial charge on any atom is 0.312 e. The lowest BCUT2D eigenvalue weighted by Gasteiger charge is -2.05. The molecule has 3 aromatic rings. The fourth-order valence-electron chi connectivity index (χ4n) is 2.32. The number of aryl methyl sites for hydroxylation is 1. The summed E-state index contributed by atoms with van der Waals surface area (Å²) in [5.41, 5.74) is 8.16. The molecule has 9 heteroatoms.